The molecule has 0 bridgehead atoms. The number of carbonyl (C=O) groups excluding carboxylic acids is 2. The van der Waals surface area contributed by atoms with E-state index in [1.807, 2.05) is 19.1 Å². The van der Waals surface area contributed by atoms with Gasteiger partial charge in [0.2, 0.25) is 11.8 Å². The minimum absolute atomic E-state index is 0.0294. The minimum atomic E-state index is -0.122. The Bertz CT molecular complexity index is 508. The van der Waals surface area contributed by atoms with E-state index in [0.717, 1.165) is 30.8 Å². The van der Waals surface area contributed by atoms with Crippen molar-refractivity contribution in [2.75, 3.05) is 23.7 Å². The summed E-state index contributed by atoms with van der Waals surface area (Å²) in [6, 6.07) is 5.51. The Morgan fingerprint density at radius 3 is 2.80 bits per heavy atom. The van der Waals surface area contributed by atoms with Gasteiger partial charge in [0.05, 0.1) is 0 Å². The summed E-state index contributed by atoms with van der Waals surface area (Å²) in [6.07, 6.45) is 1.59. The van der Waals surface area contributed by atoms with Crippen molar-refractivity contribution < 1.29 is 9.59 Å². The van der Waals surface area contributed by atoms with Crippen molar-refractivity contribution in [1.29, 1.82) is 0 Å². The molecule has 108 valence electrons. The fourth-order valence-electron chi connectivity index (χ4n) is 2.39. The highest BCUT2D eigenvalue weighted by atomic mass is 16.2. The second-order valence-corrected chi connectivity index (χ2v) is 5.32. The van der Waals surface area contributed by atoms with Gasteiger partial charge >= 0.3 is 0 Å². The van der Waals surface area contributed by atoms with Crippen LogP contribution < -0.4 is 16.0 Å². The Hall–Kier alpha value is -1.88. The van der Waals surface area contributed by atoms with Crippen molar-refractivity contribution in [1.82, 2.24) is 5.32 Å². The first kappa shape index (κ1) is 14.5. The molecule has 0 saturated carbocycles. The number of carbonyl (C=O) groups is 2. The zero-order chi connectivity index (χ0) is 14.5. The zero-order valence-electron chi connectivity index (χ0n) is 12.0. The molecule has 0 aromatic heterocycles. The molecule has 1 unspecified atom stereocenters. The molecular formula is C15H21N3O2. The minimum Gasteiger partial charge on any atom is -0.326 e. The monoisotopic (exact) mass is 275 g/mol. The van der Waals surface area contributed by atoms with E-state index in [4.69, 9.17) is 0 Å². The van der Waals surface area contributed by atoms with Crippen molar-refractivity contribution in [2.45, 2.75) is 26.7 Å². The van der Waals surface area contributed by atoms with Crippen molar-refractivity contribution in [3.05, 3.63) is 23.8 Å². The van der Waals surface area contributed by atoms with Gasteiger partial charge in [0.1, 0.15) is 0 Å². The lowest BCUT2D eigenvalue weighted by molar-refractivity contribution is -0.117. The maximum atomic E-state index is 12.0. The van der Waals surface area contributed by atoms with E-state index in [9.17, 15) is 9.59 Å². The first-order valence-electron chi connectivity index (χ1n) is 6.93. The lowest BCUT2D eigenvalue weighted by Gasteiger charge is -2.12. The fourth-order valence-corrected chi connectivity index (χ4v) is 2.39. The third kappa shape index (κ3) is 4.06. The molecule has 1 atom stereocenters. The average Bonchev–Trinajstić information content (AvgIpc) is 2.85. The average molecular weight is 275 g/mol. The Balaban J connectivity index is 1.99. The highest BCUT2D eigenvalue weighted by Crippen LogP contribution is 2.21. The molecule has 1 fully saturated rings. The van der Waals surface area contributed by atoms with Gasteiger partial charge in [-0.05, 0) is 50.0 Å². The van der Waals surface area contributed by atoms with Crippen LogP contribution >= 0.6 is 0 Å². The lowest BCUT2D eigenvalue weighted by Crippen LogP contribution is -2.19. The lowest BCUT2D eigenvalue weighted by atomic mass is 10.0. The quantitative estimate of drug-likeness (QED) is 0.786. The van der Waals surface area contributed by atoms with Gasteiger partial charge in [-0.3, -0.25) is 9.59 Å². The predicted molar refractivity (Wildman–Crippen MR) is 79.7 cm³/mol. The smallest absolute Gasteiger partial charge is 0.224 e. The molecule has 0 radical (unpaired) electrons. The Labute approximate surface area is 119 Å². The molecule has 0 aliphatic carbocycles. The number of hydrogen-bond donors (Lipinski definition) is 3. The van der Waals surface area contributed by atoms with E-state index < -0.39 is 0 Å². The van der Waals surface area contributed by atoms with Crippen LogP contribution in [0.1, 0.15) is 25.3 Å². The summed E-state index contributed by atoms with van der Waals surface area (Å²) in [4.78, 5) is 23.1. The van der Waals surface area contributed by atoms with Crippen LogP contribution in [-0.4, -0.2) is 24.9 Å². The summed E-state index contributed by atoms with van der Waals surface area (Å²) in [7, 11) is 0. The van der Waals surface area contributed by atoms with E-state index in [1.165, 1.54) is 6.92 Å². The molecule has 5 heteroatoms. The van der Waals surface area contributed by atoms with Crippen molar-refractivity contribution >= 4 is 23.2 Å². The van der Waals surface area contributed by atoms with Crippen LogP contribution in [0.25, 0.3) is 0 Å². The number of benzene rings is 1. The van der Waals surface area contributed by atoms with E-state index in [0.29, 0.717) is 18.0 Å². The highest BCUT2D eigenvalue weighted by molar-refractivity contribution is 5.94. The molecule has 1 heterocycles. The van der Waals surface area contributed by atoms with Crippen LogP contribution in [0.2, 0.25) is 0 Å². The number of rotatable bonds is 4. The molecule has 20 heavy (non-hydrogen) atoms. The van der Waals surface area contributed by atoms with Gasteiger partial charge in [-0.15, -0.1) is 0 Å². The standard InChI is InChI=1S/C15H21N3O2/c1-10-3-4-13(17-11(2)19)8-14(10)18-15(20)7-12-5-6-16-9-12/h3-4,8,12,16H,5-7,9H2,1-2H3,(H,17,19)(H,18,20). The predicted octanol–water partition coefficient (Wildman–Crippen LogP) is 1.89. The van der Waals surface area contributed by atoms with Crippen LogP contribution in [-0.2, 0) is 9.59 Å². The van der Waals surface area contributed by atoms with Crippen molar-refractivity contribution in [3.8, 4) is 0 Å². The largest absolute Gasteiger partial charge is 0.326 e. The number of aryl methyl sites for hydroxylation is 1. The number of amides is 2. The normalized spacial score (nSPS) is 17.8. The molecule has 1 saturated heterocycles. The van der Waals surface area contributed by atoms with Gasteiger partial charge in [0.25, 0.3) is 0 Å². The summed E-state index contributed by atoms with van der Waals surface area (Å²) >= 11 is 0. The van der Waals surface area contributed by atoms with Crippen molar-refractivity contribution in [3.63, 3.8) is 0 Å². The summed E-state index contributed by atoms with van der Waals surface area (Å²) < 4.78 is 0. The first-order chi connectivity index (χ1) is 9.54. The van der Waals surface area contributed by atoms with Gasteiger partial charge < -0.3 is 16.0 Å². The van der Waals surface area contributed by atoms with E-state index in [-0.39, 0.29) is 11.8 Å². The van der Waals surface area contributed by atoms with Gasteiger partial charge in [0.15, 0.2) is 0 Å². The molecule has 2 rings (SSSR count). The van der Waals surface area contributed by atoms with Crippen molar-refractivity contribution in [2.24, 2.45) is 5.92 Å². The molecule has 3 N–H and O–H groups in total. The maximum Gasteiger partial charge on any atom is 0.224 e. The maximum absolute atomic E-state index is 12.0. The molecule has 2 amide bonds. The van der Waals surface area contributed by atoms with Gasteiger partial charge in [-0.25, -0.2) is 0 Å². The van der Waals surface area contributed by atoms with Crippen LogP contribution in [0, 0.1) is 12.8 Å². The molecule has 1 aliphatic heterocycles. The number of hydrogen-bond acceptors (Lipinski definition) is 3. The van der Waals surface area contributed by atoms with Gasteiger partial charge in [0, 0.05) is 24.7 Å². The van der Waals surface area contributed by atoms with E-state index in [2.05, 4.69) is 16.0 Å². The van der Waals surface area contributed by atoms with Gasteiger partial charge in [-0.1, -0.05) is 6.07 Å². The molecule has 1 aromatic rings. The molecule has 5 nitrogen and oxygen atoms in total. The molecule has 1 aromatic carbocycles. The third-order valence-corrected chi connectivity index (χ3v) is 3.47. The van der Waals surface area contributed by atoms with Crippen LogP contribution in [0.5, 0.6) is 0 Å². The highest BCUT2D eigenvalue weighted by Gasteiger charge is 2.18. The molecular weight excluding hydrogens is 254 g/mol. The summed E-state index contributed by atoms with van der Waals surface area (Å²) in [6.45, 7) is 5.31. The molecule has 1 aliphatic rings. The first-order valence-corrected chi connectivity index (χ1v) is 6.93. The zero-order valence-corrected chi connectivity index (χ0v) is 12.0. The van der Waals surface area contributed by atoms with Gasteiger partial charge in [-0.2, -0.15) is 0 Å². The number of anilines is 2. The Morgan fingerprint density at radius 2 is 2.15 bits per heavy atom. The van der Waals surface area contributed by atoms with Crippen LogP contribution in [0.3, 0.4) is 0 Å². The van der Waals surface area contributed by atoms with E-state index in [1.54, 1.807) is 6.07 Å². The topological polar surface area (TPSA) is 70.2 Å². The summed E-state index contributed by atoms with van der Waals surface area (Å²) in [5.41, 5.74) is 2.44. The Morgan fingerprint density at radius 1 is 1.35 bits per heavy atom. The molecule has 0 spiro atoms. The van der Waals surface area contributed by atoms with Crippen LogP contribution in [0.15, 0.2) is 18.2 Å². The summed E-state index contributed by atoms with van der Waals surface area (Å²) in [5.74, 6) is 0.332. The second-order valence-electron chi connectivity index (χ2n) is 5.32. The SMILES string of the molecule is CC(=O)Nc1ccc(C)c(NC(=O)CC2CCNC2)c1. The Kier molecular flexibility index (Phi) is 4.74. The third-order valence-electron chi connectivity index (χ3n) is 3.47. The fraction of sp³-hybridized carbons (Fsp3) is 0.467. The second kappa shape index (κ2) is 6.52. The number of nitrogens with one attached hydrogen (secondary N) is 3. The summed E-state index contributed by atoms with van der Waals surface area (Å²) in [5, 5.41) is 8.91. The van der Waals surface area contributed by atoms with Crippen LogP contribution in [0.4, 0.5) is 11.4 Å². The van der Waals surface area contributed by atoms with E-state index >= 15 is 0 Å².